The third-order valence-corrected chi connectivity index (χ3v) is 4.41. The van der Waals surface area contributed by atoms with Crippen LogP contribution >= 0.6 is 12.2 Å². The van der Waals surface area contributed by atoms with Gasteiger partial charge in [0.25, 0.3) is 0 Å². The molecule has 0 aliphatic heterocycles. The van der Waals surface area contributed by atoms with Crippen LogP contribution in [0.25, 0.3) is 33.1 Å². The fraction of sp³-hybridized carbons (Fsp3) is 0.0526. The number of hydrogen-bond acceptors (Lipinski definition) is 2. The number of nitrogens with zero attached hydrogens (tertiary/aromatic N) is 2. The molecule has 0 saturated heterocycles. The molecule has 0 aliphatic carbocycles. The van der Waals surface area contributed by atoms with Crippen molar-refractivity contribution in [1.82, 2.24) is 9.55 Å². The summed E-state index contributed by atoms with van der Waals surface area (Å²) in [5, 5.41) is 2.23. The highest BCUT2D eigenvalue weighted by Crippen LogP contribution is 2.26. The van der Waals surface area contributed by atoms with Gasteiger partial charge in [0, 0.05) is 35.1 Å². The average Bonchev–Trinajstić information content (AvgIpc) is 2.58. The smallest absolute Gasteiger partial charge is 0.0739 e. The second kappa shape index (κ2) is 5.04. The van der Waals surface area contributed by atoms with Crippen molar-refractivity contribution in [3.63, 3.8) is 0 Å². The van der Waals surface area contributed by atoms with Crippen LogP contribution in [0.4, 0.5) is 0 Å². The van der Waals surface area contributed by atoms with Gasteiger partial charge in [0.15, 0.2) is 0 Å². The molecule has 0 fully saturated rings. The minimum Gasteiger partial charge on any atom is -0.350 e. The van der Waals surface area contributed by atoms with Crippen molar-refractivity contribution >= 4 is 34.0 Å². The Morgan fingerprint density at radius 2 is 1.68 bits per heavy atom. The summed E-state index contributed by atoms with van der Waals surface area (Å²) in [5.41, 5.74) is 4.05. The third-order valence-electron chi connectivity index (χ3n) is 3.97. The van der Waals surface area contributed by atoms with Crippen molar-refractivity contribution in [2.45, 2.75) is 0 Å². The molecule has 0 aliphatic rings. The molecular formula is C19H14N2S. The van der Waals surface area contributed by atoms with E-state index < -0.39 is 0 Å². The molecule has 3 heteroatoms. The Balaban J connectivity index is 2.04. The number of rotatable bonds is 1. The quantitative estimate of drug-likeness (QED) is 0.454. The first-order valence-electron chi connectivity index (χ1n) is 7.18. The first kappa shape index (κ1) is 13.2. The molecule has 0 spiro atoms. The number of aryl methyl sites for hydroxylation is 1. The molecule has 4 aromatic rings. The molecule has 0 amide bonds. The van der Waals surface area contributed by atoms with Gasteiger partial charge in [0.2, 0.25) is 0 Å². The Labute approximate surface area is 133 Å². The van der Waals surface area contributed by atoms with Gasteiger partial charge in [-0.25, -0.2) is 4.98 Å². The lowest BCUT2D eigenvalue weighted by molar-refractivity contribution is 0.953. The zero-order chi connectivity index (χ0) is 15.1. The number of benzene rings is 2. The summed E-state index contributed by atoms with van der Waals surface area (Å²) in [4.78, 5) is 4.77. The molecule has 106 valence electrons. The SMILES string of the molecule is Cn1cc(-c2ccc3ccccc3n2)c(=S)c2ccccc21. The molecule has 0 N–H and O–H groups in total. The van der Waals surface area contributed by atoms with E-state index in [1.54, 1.807) is 0 Å². The van der Waals surface area contributed by atoms with Crippen LogP contribution in [-0.4, -0.2) is 9.55 Å². The van der Waals surface area contributed by atoms with Gasteiger partial charge in [-0.2, -0.15) is 0 Å². The van der Waals surface area contributed by atoms with E-state index in [0.29, 0.717) is 0 Å². The van der Waals surface area contributed by atoms with E-state index in [1.807, 2.05) is 43.4 Å². The standard InChI is InChI=1S/C19H14N2S/c1-21-12-15(19(22)14-7-3-5-9-18(14)21)17-11-10-13-6-2-4-8-16(13)20-17/h2-12H,1H3. The topological polar surface area (TPSA) is 17.8 Å². The fourth-order valence-electron chi connectivity index (χ4n) is 2.84. The minimum absolute atomic E-state index is 0.858. The van der Waals surface area contributed by atoms with Gasteiger partial charge in [-0.3, -0.25) is 0 Å². The van der Waals surface area contributed by atoms with Crippen LogP contribution < -0.4 is 0 Å². The van der Waals surface area contributed by atoms with Gasteiger partial charge in [-0.15, -0.1) is 0 Å². The Hall–Kier alpha value is -2.52. The van der Waals surface area contributed by atoms with E-state index in [9.17, 15) is 0 Å². The van der Waals surface area contributed by atoms with Crippen molar-refractivity contribution in [3.05, 3.63) is 71.4 Å². The summed E-state index contributed by atoms with van der Waals surface area (Å²) in [7, 11) is 2.04. The molecule has 0 saturated carbocycles. The van der Waals surface area contributed by atoms with Gasteiger partial charge in [-0.1, -0.05) is 54.7 Å². The van der Waals surface area contributed by atoms with Gasteiger partial charge >= 0.3 is 0 Å². The summed E-state index contributed by atoms with van der Waals surface area (Å²) >= 11 is 5.70. The largest absolute Gasteiger partial charge is 0.350 e. The molecule has 4 rings (SSSR count). The molecule has 0 bridgehead atoms. The number of aromatic nitrogens is 2. The van der Waals surface area contributed by atoms with E-state index in [1.165, 1.54) is 0 Å². The molecular weight excluding hydrogens is 288 g/mol. The maximum absolute atomic E-state index is 5.70. The Morgan fingerprint density at radius 3 is 2.59 bits per heavy atom. The summed E-state index contributed by atoms with van der Waals surface area (Å²) in [6.45, 7) is 0. The van der Waals surface area contributed by atoms with Crippen LogP contribution in [-0.2, 0) is 7.05 Å². The van der Waals surface area contributed by atoms with Crippen molar-refractivity contribution in [3.8, 4) is 11.3 Å². The number of para-hydroxylation sites is 2. The van der Waals surface area contributed by atoms with Gasteiger partial charge in [0.05, 0.1) is 15.7 Å². The van der Waals surface area contributed by atoms with Gasteiger partial charge < -0.3 is 4.57 Å². The zero-order valence-electron chi connectivity index (χ0n) is 12.2. The summed E-state index contributed by atoms with van der Waals surface area (Å²) in [5.74, 6) is 0. The lowest BCUT2D eigenvalue weighted by Crippen LogP contribution is -1.96. The highest BCUT2D eigenvalue weighted by Gasteiger charge is 2.08. The summed E-state index contributed by atoms with van der Waals surface area (Å²) < 4.78 is 2.97. The Morgan fingerprint density at radius 1 is 0.909 bits per heavy atom. The second-order valence-electron chi connectivity index (χ2n) is 5.39. The lowest BCUT2D eigenvalue weighted by atomic mass is 10.1. The van der Waals surface area contributed by atoms with Gasteiger partial charge in [0.1, 0.15) is 0 Å². The summed E-state index contributed by atoms with van der Waals surface area (Å²) in [6.07, 6.45) is 2.07. The van der Waals surface area contributed by atoms with Gasteiger partial charge in [-0.05, 0) is 18.2 Å². The predicted octanol–water partition coefficient (Wildman–Crippen LogP) is 5.12. The fourth-order valence-corrected chi connectivity index (χ4v) is 3.17. The molecule has 2 aromatic heterocycles. The van der Waals surface area contributed by atoms with Crippen LogP contribution in [0.5, 0.6) is 0 Å². The molecule has 0 atom stereocenters. The Bertz CT molecular complexity index is 1060. The Kier molecular flexibility index (Phi) is 3.01. The van der Waals surface area contributed by atoms with Crippen molar-refractivity contribution < 1.29 is 0 Å². The number of hydrogen-bond donors (Lipinski definition) is 0. The van der Waals surface area contributed by atoms with Crippen molar-refractivity contribution in [1.29, 1.82) is 0 Å². The van der Waals surface area contributed by atoms with E-state index in [4.69, 9.17) is 17.2 Å². The van der Waals surface area contributed by atoms with Crippen LogP contribution in [0.3, 0.4) is 0 Å². The molecule has 0 radical (unpaired) electrons. The minimum atomic E-state index is 0.858. The maximum Gasteiger partial charge on any atom is 0.0739 e. The molecule has 2 nitrogen and oxygen atoms in total. The highest BCUT2D eigenvalue weighted by molar-refractivity contribution is 7.71. The van der Waals surface area contributed by atoms with Crippen LogP contribution in [0, 0.1) is 4.51 Å². The monoisotopic (exact) mass is 302 g/mol. The first-order chi connectivity index (χ1) is 10.7. The molecule has 2 heterocycles. The predicted molar refractivity (Wildman–Crippen MR) is 94.5 cm³/mol. The van der Waals surface area contributed by atoms with E-state index in [0.717, 1.165) is 37.6 Å². The number of pyridine rings is 2. The summed E-state index contributed by atoms with van der Waals surface area (Å²) in [6, 6.07) is 20.5. The average molecular weight is 302 g/mol. The van der Waals surface area contributed by atoms with Crippen molar-refractivity contribution in [2.24, 2.45) is 7.05 Å². The van der Waals surface area contributed by atoms with E-state index in [-0.39, 0.29) is 0 Å². The third kappa shape index (κ3) is 2.02. The van der Waals surface area contributed by atoms with Crippen LogP contribution in [0.15, 0.2) is 66.9 Å². The highest BCUT2D eigenvalue weighted by atomic mass is 32.1. The molecule has 0 unspecified atom stereocenters. The normalized spacial score (nSPS) is 11.1. The van der Waals surface area contributed by atoms with Crippen LogP contribution in [0.2, 0.25) is 0 Å². The lowest BCUT2D eigenvalue weighted by Gasteiger charge is -2.10. The van der Waals surface area contributed by atoms with Crippen molar-refractivity contribution in [2.75, 3.05) is 0 Å². The maximum atomic E-state index is 5.70. The second-order valence-corrected chi connectivity index (χ2v) is 5.80. The molecule has 2 aromatic carbocycles. The molecule has 22 heavy (non-hydrogen) atoms. The van der Waals surface area contributed by atoms with E-state index >= 15 is 0 Å². The number of fused-ring (bicyclic) bond motifs is 2. The van der Waals surface area contributed by atoms with Crippen LogP contribution in [0.1, 0.15) is 0 Å². The van der Waals surface area contributed by atoms with E-state index in [2.05, 4.69) is 35.0 Å². The first-order valence-corrected chi connectivity index (χ1v) is 7.59. The zero-order valence-corrected chi connectivity index (χ0v) is 13.0.